The number of hydrogen-bond donors (Lipinski definition) is 2. The van der Waals surface area contributed by atoms with E-state index in [-0.39, 0.29) is 11.4 Å². The average molecular weight is 322 g/mol. The number of rotatable bonds is 2. The number of benzene rings is 1. The first kappa shape index (κ1) is 13.7. The van der Waals surface area contributed by atoms with Gasteiger partial charge in [0.1, 0.15) is 0 Å². The van der Waals surface area contributed by atoms with Crippen molar-refractivity contribution in [2.45, 2.75) is 0 Å². The smallest absolute Gasteiger partial charge is 0.247 e. The van der Waals surface area contributed by atoms with Crippen LogP contribution in [0.4, 0.5) is 5.82 Å². The standard InChI is InChI=1S/C14H9Cl2N3O2/c15-8-2-3-9(10(16)5-8)12-13(21-19-14(12)17)7-1-4-11(20)18-6-7/h1-6H,(H2,17,19)(H,18,20). The summed E-state index contributed by atoms with van der Waals surface area (Å²) in [6.07, 6.45) is 1.52. The molecule has 7 heteroatoms. The van der Waals surface area contributed by atoms with Crippen LogP contribution in [0.5, 0.6) is 0 Å². The minimum absolute atomic E-state index is 0.209. The molecule has 0 bridgehead atoms. The van der Waals surface area contributed by atoms with Crippen LogP contribution in [0.2, 0.25) is 10.0 Å². The van der Waals surface area contributed by atoms with Crippen molar-refractivity contribution >= 4 is 29.0 Å². The molecule has 0 fully saturated rings. The summed E-state index contributed by atoms with van der Waals surface area (Å²) in [6.45, 7) is 0. The van der Waals surface area contributed by atoms with E-state index in [1.165, 1.54) is 12.3 Å². The number of halogens is 2. The third-order valence-corrected chi connectivity index (χ3v) is 3.51. The van der Waals surface area contributed by atoms with Gasteiger partial charge in [0.15, 0.2) is 11.6 Å². The van der Waals surface area contributed by atoms with E-state index < -0.39 is 0 Å². The Labute approximate surface area is 129 Å². The molecule has 0 spiro atoms. The Bertz CT molecular complexity index is 850. The molecule has 2 heterocycles. The van der Waals surface area contributed by atoms with E-state index in [1.807, 2.05) is 0 Å². The Hall–Kier alpha value is -2.24. The summed E-state index contributed by atoms with van der Waals surface area (Å²) in [5, 5.41) is 4.73. The van der Waals surface area contributed by atoms with Crippen LogP contribution in [0.1, 0.15) is 0 Å². The van der Waals surface area contributed by atoms with Crippen LogP contribution in [-0.2, 0) is 0 Å². The summed E-state index contributed by atoms with van der Waals surface area (Å²) in [6, 6.07) is 8.06. The summed E-state index contributed by atoms with van der Waals surface area (Å²) >= 11 is 12.1. The van der Waals surface area contributed by atoms with E-state index in [4.69, 9.17) is 33.5 Å². The Morgan fingerprint density at radius 1 is 1.19 bits per heavy atom. The van der Waals surface area contributed by atoms with Crippen LogP contribution in [0.25, 0.3) is 22.5 Å². The van der Waals surface area contributed by atoms with Gasteiger partial charge < -0.3 is 15.2 Å². The molecule has 0 aliphatic carbocycles. The fourth-order valence-corrected chi connectivity index (χ4v) is 2.51. The van der Waals surface area contributed by atoms with Gasteiger partial charge in [0.2, 0.25) is 5.56 Å². The third kappa shape index (κ3) is 2.53. The highest BCUT2D eigenvalue weighted by Crippen LogP contribution is 2.40. The first-order chi connectivity index (χ1) is 10.1. The number of aromatic nitrogens is 2. The quantitative estimate of drug-likeness (QED) is 0.755. The van der Waals surface area contributed by atoms with Crippen LogP contribution in [0, 0.1) is 0 Å². The molecule has 3 N–H and O–H groups in total. The van der Waals surface area contributed by atoms with Crippen LogP contribution in [-0.4, -0.2) is 10.1 Å². The molecule has 0 radical (unpaired) electrons. The Morgan fingerprint density at radius 3 is 2.67 bits per heavy atom. The zero-order valence-corrected chi connectivity index (χ0v) is 12.1. The number of pyridine rings is 1. The van der Waals surface area contributed by atoms with Crippen LogP contribution < -0.4 is 11.3 Å². The van der Waals surface area contributed by atoms with Gasteiger partial charge in [0.25, 0.3) is 0 Å². The monoisotopic (exact) mass is 321 g/mol. The van der Waals surface area contributed by atoms with Crippen molar-refractivity contribution in [3.8, 4) is 22.5 Å². The molecule has 3 rings (SSSR count). The number of H-pyrrole nitrogens is 1. The molecule has 5 nitrogen and oxygen atoms in total. The molecule has 1 aromatic carbocycles. The fourth-order valence-electron chi connectivity index (χ4n) is 2.00. The SMILES string of the molecule is Nc1noc(-c2ccc(=O)[nH]c2)c1-c1ccc(Cl)cc1Cl. The number of nitrogens with two attached hydrogens (primary N) is 1. The van der Waals surface area contributed by atoms with Gasteiger partial charge in [-0.25, -0.2) is 0 Å². The number of nitrogens with zero attached hydrogens (tertiary/aromatic N) is 1. The van der Waals surface area contributed by atoms with Crippen molar-refractivity contribution in [2.75, 3.05) is 5.73 Å². The largest absolute Gasteiger partial charge is 0.380 e. The maximum absolute atomic E-state index is 11.1. The first-order valence-corrected chi connectivity index (χ1v) is 6.71. The van der Waals surface area contributed by atoms with Gasteiger partial charge in [-0.15, -0.1) is 0 Å². The zero-order chi connectivity index (χ0) is 15.0. The number of aromatic amines is 1. The summed E-state index contributed by atoms with van der Waals surface area (Å²) in [7, 11) is 0. The molecule has 0 unspecified atom stereocenters. The average Bonchev–Trinajstić information content (AvgIpc) is 2.82. The van der Waals surface area contributed by atoms with Gasteiger partial charge in [0, 0.05) is 28.4 Å². The summed E-state index contributed by atoms with van der Waals surface area (Å²) < 4.78 is 5.27. The second-order valence-electron chi connectivity index (χ2n) is 4.34. The van der Waals surface area contributed by atoms with Gasteiger partial charge in [-0.05, 0) is 18.2 Å². The normalized spacial score (nSPS) is 10.8. The molecular weight excluding hydrogens is 313 g/mol. The van der Waals surface area contributed by atoms with Gasteiger partial charge in [0.05, 0.1) is 10.6 Å². The van der Waals surface area contributed by atoms with Crippen LogP contribution in [0.15, 0.2) is 45.8 Å². The topological polar surface area (TPSA) is 84.9 Å². The van der Waals surface area contributed by atoms with Gasteiger partial charge in [-0.1, -0.05) is 34.4 Å². The van der Waals surface area contributed by atoms with Crippen LogP contribution in [0.3, 0.4) is 0 Å². The molecule has 106 valence electrons. The molecule has 0 saturated heterocycles. The Morgan fingerprint density at radius 2 is 2.00 bits per heavy atom. The second-order valence-corrected chi connectivity index (χ2v) is 5.18. The number of nitrogen functional groups attached to an aromatic ring is 1. The minimum Gasteiger partial charge on any atom is -0.380 e. The molecular formula is C14H9Cl2N3O2. The molecule has 0 amide bonds. The van der Waals surface area contributed by atoms with Crippen molar-refractivity contribution in [2.24, 2.45) is 0 Å². The molecule has 0 atom stereocenters. The van der Waals surface area contributed by atoms with Gasteiger partial charge in [-0.3, -0.25) is 4.79 Å². The van der Waals surface area contributed by atoms with E-state index in [1.54, 1.807) is 24.3 Å². The fraction of sp³-hybridized carbons (Fsp3) is 0. The predicted molar refractivity (Wildman–Crippen MR) is 82.4 cm³/mol. The molecule has 3 aromatic rings. The molecule has 2 aromatic heterocycles. The number of anilines is 1. The summed E-state index contributed by atoms with van der Waals surface area (Å²) in [4.78, 5) is 13.7. The lowest BCUT2D eigenvalue weighted by Crippen LogP contribution is -2.01. The van der Waals surface area contributed by atoms with Crippen molar-refractivity contribution in [1.82, 2.24) is 10.1 Å². The predicted octanol–water partition coefficient (Wildman–Crippen LogP) is 3.59. The number of nitrogens with one attached hydrogen (secondary N) is 1. The molecule has 0 saturated carbocycles. The highest BCUT2D eigenvalue weighted by molar-refractivity contribution is 6.36. The van der Waals surface area contributed by atoms with E-state index in [2.05, 4.69) is 10.1 Å². The van der Waals surface area contributed by atoms with E-state index in [0.29, 0.717) is 32.5 Å². The lowest BCUT2D eigenvalue weighted by Gasteiger charge is -2.05. The van der Waals surface area contributed by atoms with E-state index >= 15 is 0 Å². The van der Waals surface area contributed by atoms with Crippen molar-refractivity contribution < 1.29 is 4.52 Å². The zero-order valence-electron chi connectivity index (χ0n) is 10.6. The number of hydrogen-bond acceptors (Lipinski definition) is 4. The Balaban J connectivity index is 2.21. The minimum atomic E-state index is -0.211. The summed E-state index contributed by atoms with van der Waals surface area (Å²) in [5.74, 6) is 0.633. The van der Waals surface area contributed by atoms with Crippen LogP contribution >= 0.6 is 23.2 Å². The maximum atomic E-state index is 11.1. The first-order valence-electron chi connectivity index (χ1n) is 5.96. The molecule has 0 aliphatic rings. The highest BCUT2D eigenvalue weighted by Gasteiger charge is 2.20. The van der Waals surface area contributed by atoms with E-state index in [0.717, 1.165) is 0 Å². The Kier molecular flexibility index (Phi) is 3.45. The van der Waals surface area contributed by atoms with Crippen molar-refractivity contribution in [3.05, 3.63) is 56.9 Å². The van der Waals surface area contributed by atoms with Gasteiger partial charge in [-0.2, -0.15) is 0 Å². The molecule has 0 aliphatic heterocycles. The third-order valence-electron chi connectivity index (χ3n) is 2.97. The lowest BCUT2D eigenvalue weighted by atomic mass is 10.0. The summed E-state index contributed by atoms with van der Waals surface area (Å²) in [5.41, 5.74) is 7.52. The molecule has 21 heavy (non-hydrogen) atoms. The second kappa shape index (κ2) is 5.27. The van der Waals surface area contributed by atoms with Crippen molar-refractivity contribution in [1.29, 1.82) is 0 Å². The van der Waals surface area contributed by atoms with E-state index in [9.17, 15) is 4.79 Å². The lowest BCUT2D eigenvalue weighted by molar-refractivity contribution is 0.436. The van der Waals surface area contributed by atoms with Crippen molar-refractivity contribution in [3.63, 3.8) is 0 Å². The van der Waals surface area contributed by atoms with Gasteiger partial charge >= 0.3 is 0 Å². The highest BCUT2D eigenvalue weighted by atomic mass is 35.5. The maximum Gasteiger partial charge on any atom is 0.247 e.